The number of aromatic carboxylic acids is 1. The van der Waals surface area contributed by atoms with Gasteiger partial charge in [0.15, 0.2) is 0 Å². The minimum atomic E-state index is -1.17. The number of furan rings is 1. The SMILES string of the molecule is O=C(O)c1cc(F)cc(-c2cc3ccccc3o2)c1. The molecule has 4 heteroatoms. The molecule has 0 unspecified atom stereocenters. The first-order valence-electron chi connectivity index (χ1n) is 5.66. The van der Waals surface area contributed by atoms with Gasteiger partial charge in [0.1, 0.15) is 17.2 Å². The summed E-state index contributed by atoms with van der Waals surface area (Å²) in [6, 6.07) is 12.8. The van der Waals surface area contributed by atoms with Gasteiger partial charge < -0.3 is 9.52 Å². The lowest BCUT2D eigenvalue weighted by Gasteiger charge is -2.00. The molecule has 0 fully saturated rings. The molecule has 19 heavy (non-hydrogen) atoms. The predicted octanol–water partition coefficient (Wildman–Crippen LogP) is 3.94. The van der Waals surface area contributed by atoms with Gasteiger partial charge in [-0.3, -0.25) is 0 Å². The topological polar surface area (TPSA) is 50.4 Å². The molecule has 0 saturated heterocycles. The summed E-state index contributed by atoms with van der Waals surface area (Å²) in [5.41, 5.74) is 0.989. The van der Waals surface area contributed by atoms with Crippen LogP contribution in [0.5, 0.6) is 0 Å². The minimum absolute atomic E-state index is 0.101. The van der Waals surface area contributed by atoms with Crippen molar-refractivity contribution in [1.29, 1.82) is 0 Å². The predicted molar refractivity (Wildman–Crippen MR) is 68.6 cm³/mol. The molecule has 0 aliphatic rings. The normalized spacial score (nSPS) is 10.8. The van der Waals surface area contributed by atoms with E-state index >= 15 is 0 Å². The summed E-state index contributed by atoms with van der Waals surface area (Å²) < 4.78 is 19.0. The molecule has 3 rings (SSSR count). The standard InChI is InChI=1S/C15H9FO3/c16-12-6-10(5-11(7-12)15(17)18)14-8-9-3-1-2-4-13(9)19-14/h1-8H,(H,17,18). The first-order valence-corrected chi connectivity index (χ1v) is 5.66. The van der Waals surface area contributed by atoms with Gasteiger partial charge in [0, 0.05) is 10.9 Å². The molecule has 1 N–H and O–H groups in total. The fourth-order valence-electron chi connectivity index (χ4n) is 1.98. The number of benzene rings is 2. The van der Waals surface area contributed by atoms with E-state index in [2.05, 4.69) is 0 Å². The number of hydrogen-bond donors (Lipinski definition) is 1. The van der Waals surface area contributed by atoms with Crippen LogP contribution in [-0.4, -0.2) is 11.1 Å². The van der Waals surface area contributed by atoms with Gasteiger partial charge in [-0.1, -0.05) is 18.2 Å². The molecule has 0 aliphatic heterocycles. The monoisotopic (exact) mass is 256 g/mol. The Bertz CT molecular complexity index is 741. The number of carboxylic acids is 1. The van der Waals surface area contributed by atoms with Crippen LogP contribution in [0.2, 0.25) is 0 Å². The maximum atomic E-state index is 13.4. The zero-order chi connectivity index (χ0) is 13.4. The van der Waals surface area contributed by atoms with Crippen molar-refractivity contribution < 1.29 is 18.7 Å². The smallest absolute Gasteiger partial charge is 0.335 e. The van der Waals surface area contributed by atoms with Crippen LogP contribution in [0.3, 0.4) is 0 Å². The molecule has 0 radical (unpaired) electrons. The molecular weight excluding hydrogens is 247 g/mol. The number of hydrogen-bond acceptors (Lipinski definition) is 2. The van der Waals surface area contributed by atoms with E-state index in [0.717, 1.165) is 11.5 Å². The highest BCUT2D eigenvalue weighted by Gasteiger charge is 2.11. The molecule has 1 aromatic heterocycles. The van der Waals surface area contributed by atoms with Crippen molar-refractivity contribution in [2.24, 2.45) is 0 Å². The Labute approximate surface area is 107 Å². The summed E-state index contributed by atoms with van der Waals surface area (Å²) >= 11 is 0. The van der Waals surface area contributed by atoms with Gasteiger partial charge in [-0.15, -0.1) is 0 Å². The lowest BCUT2D eigenvalue weighted by atomic mass is 10.1. The van der Waals surface area contributed by atoms with Gasteiger partial charge in [-0.2, -0.15) is 0 Å². The number of rotatable bonds is 2. The number of carbonyl (C=O) groups is 1. The molecule has 0 bridgehead atoms. The molecule has 0 aliphatic carbocycles. The summed E-state index contributed by atoms with van der Waals surface area (Å²) in [5.74, 6) is -1.32. The van der Waals surface area contributed by atoms with Gasteiger partial charge in [-0.05, 0) is 30.3 Å². The van der Waals surface area contributed by atoms with Crippen molar-refractivity contribution in [1.82, 2.24) is 0 Å². The number of carboxylic acid groups (broad SMARTS) is 1. The molecule has 1 heterocycles. The van der Waals surface area contributed by atoms with Crippen LogP contribution < -0.4 is 0 Å². The quantitative estimate of drug-likeness (QED) is 0.755. The summed E-state index contributed by atoms with van der Waals surface area (Å²) in [4.78, 5) is 10.9. The summed E-state index contributed by atoms with van der Waals surface area (Å²) in [7, 11) is 0. The third-order valence-corrected chi connectivity index (χ3v) is 2.85. The first-order chi connectivity index (χ1) is 9.13. The number of fused-ring (bicyclic) bond motifs is 1. The third kappa shape index (κ3) is 2.08. The third-order valence-electron chi connectivity index (χ3n) is 2.85. The lowest BCUT2D eigenvalue weighted by Crippen LogP contribution is -1.97. The van der Waals surface area contributed by atoms with Crippen molar-refractivity contribution in [3.05, 3.63) is 59.9 Å². The average Bonchev–Trinajstić information content (AvgIpc) is 2.81. The molecule has 2 aromatic carbocycles. The summed E-state index contributed by atoms with van der Waals surface area (Å²) in [5, 5.41) is 9.81. The Kier molecular flexibility index (Phi) is 2.56. The van der Waals surface area contributed by atoms with E-state index in [1.165, 1.54) is 12.1 Å². The Morgan fingerprint density at radius 1 is 1.11 bits per heavy atom. The second kappa shape index (κ2) is 4.24. The molecule has 3 nitrogen and oxygen atoms in total. The van der Waals surface area contributed by atoms with E-state index in [0.29, 0.717) is 16.9 Å². The summed E-state index contributed by atoms with van der Waals surface area (Å²) in [6.07, 6.45) is 0. The van der Waals surface area contributed by atoms with Crippen LogP contribution in [0.4, 0.5) is 4.39 Å². The average molecular weight is 256 g/mol. The Balaban J connectivity index is 2.17. The van der Waals surface area contributed by atoms with E-state index in [9.17, 15) is 9.18 Å². The van der Waals surface area contributed by atoms with Crippen LogP contribution in [0.15, 0.2) is 52.9 Å². The second-order valence-electron chi connectivity index (χ2n) is 4.18. The highest BCUT2D eigenvalue weighted by atomic mass is 19.1. The number of para-hydroxylation sites is 1. The lowest BCUT2D eigenvalue weighted by molar-refractivity contribution is 0.0696. The van der Waals surface area contributed by atoms with Gasteiger partial charge in [0.25, 0.3) is 0 Å². The Hall–Kier alpha value is -2.62. The zero-order valence-corrected chi connectivity index (χ0v) is 9.76. The van der Waals surface area contributed by atoms with Gasteiger partial charge >= 0.3 is 5.97 Å². The van der Waals surface area contributed by atoms with Crippen LogP contribution >= 0.6 is 0 Å². The second-order valence-corrected chi connectivity index (χ2v) is 4.18. The minimum Gasteiger partial charge on any atom is -0.478 e. The number of halogens is 1. The van der Waals surface area contributed by atoms with E-state index in [4.69, 9.17) is 9.52 Å². The van der Waals surface area contributed by atoms with E-state index in [1.807, 2.05) is 18.2 Å². The molecule has 0 saturated carbocycles. The van der Waals surface area contributed by atoms with Crippen molar-refractivity contribution in [2.45, 2.75) is 0 Å². The molecule has 3 aromatic rings. The highest BCUT2D eigenvalue weighted by Crippen LogP contribution is 2.28. The highest BCUT2D eigenvalue weighted by molar-refractivity contribution is 5.90. The van der Waals surface area contributed by atoms with Crippen LogP contribution in [0.25, 0.3) is 22.3 Å². The Morgan fingerprint density at radius 2 is 1.89 bits per heavy atom. The van der Waals surface area contributed by atoms with Crippen molar-refractivity contribution >= 4 is 16.9 Å². The molecule has 94 valence electrons. The maximum absolute atomic E-state index is 13.4. The van der Waals surface area contributed by atoms with Gasteiger partial charge in [0.05, 0.1) is 5.56 Å². The van der Waals surface area contributed by atoms with E-state index in [-0.39, 0.29) is 5.56 Å². The molecular formula is C15H9FO3. The zero-order valence-electron chi connectivity index (χ0n) is 9.76. The molecule has 0 spiro atoms. The largest absolute Gasteiger partial charge is 0.478 e. The van der Waals surface area contributed by atoms with Crippen LogP contribution in [-0.2, 0) is 0 Å². The van der Waals surface area contributed by atoms with Crippen LogP contribution in [0, 0.1) is 5.82 Å². The molecule has 0 atom stereocenters. The van der Waals surface area contributed by atoms with E-state index in [1.54, 1.807) is 12.1 Å². The van der Waals surface area contributed by atoms with Gasteiger partial charge in [0.2, 0.25) is 0 Å². The fourth-order valence-corrected chi connectivity index (χ4v) is 1.98. The fraction of sp³-hybridized carbons (Fsp3) is 0. The van der Waals surface area contributed by atoms with Crippen molar-refractivity contribution in [3.63, 3.8) is 0 Å². The summed E-state index contributed by atoms with van der Waals surface area (Å²) in [6.45, 7) is 0. The Morgan fingerprint density at radius 3 is 2.63 bits per heavy atom. The van der Waals surface area contributed by atoms with Crippen molar-refractivity contribution in [2.75, 3.05) is 0 Å². The first kappa shape index (κ1) is 11.5. The van der Waals surface area contributed by atoms with Gasteiger partial charge in [-0.25, -0.2) is 9.18 Å². The van der Waals surface area contributed by atoms with Crippen molar-refractivity contribution in [3.8, 4) is 11.3 Å². The maximum Gasteiger partial charge on any atom is 0.335 e. The van der Waals surface area contributed by atoms with E-state index < -0.39 is 11.8 Å². The molecule has 0 amide bonds. The van der Waals surface area contributed by atoms with Crippen LogP contribution in [0.1, 0.15) is 10.4 Å².